The molecule has 4 radical (unpaired) electrons. The van der Waals surface area contributed by atoms with Crippen LogP contribution in [0.25, 0.3) is 18.9 Å². The Balaban J connectivity index is -0.000000143. The molecule has 4 heterocycles. The molecule has 640 valence electrons. The summed E-state index contributed by atoms with van der Waals surface area (Å²) >= 11 is 49.7. The second-order valence-electron chi connectivity index (χ2n) is 19.7. The van der Waals surface area contributed by atoms with Crippen LogP contribution in [0.4, 0.5) is 0 Å². The number of carboxylic acid groups (broad SMARTS) is 4. The maximum atomic E-state index is 12.7. The number of hydrogen-bond acceptors (Lipinski definition) is 22. The van der Waals surface area contributed by atoms with Crippen molar-refractivity contribution in [2.75, 3.05) is 72.6 Å². The van der Waals surface area contributed by atoms with Gasteiger partial charge in [-0.05, 0) is 167 Å². The molecule has 0 fully saturated rings. The summed E-state index contributed by atoms with van der Waals surface area (Å²) in [6.45, 7) is 25.8. The van der Waals surface area contributed by atoms with Gasteiger partial charge in [0.25, 0.3) is 0 Å². The first-order valence-electron chi connectivity index (χ1n) is 30.4. The summed E-state index contributed by atoms with van der Waals surface area (Å²) in [7, 11) is -17.6. The molecule has 0 saturated heterocycles. The molecule has 0 unspecified atom stereocenters. The van der Waals surface area contributed by atoms with E-state index < -0.39 is 95.1 Å². The van der Waals surface area contributed by atoms with Gasteiger partial charge < -0.3 is 77.7 Å². The van der Waals surface area contributed by atoms with E-state index >= 15 is 0 Å². The number of pyridine rings is 4. The molecule has 0 saturated carbocycles. The van der Waals surface area contributed by atoms with E-state index in [-0.39, 0.29) is 127 Å². The van der Waals surface area contributed by atoms with E-state index in [1.807, 2.05) is 0 Å². The summed E-state index contributed by atoms with van der Waals surface area (Å²) in [6.07, 6.45) is 5.93. The van der Waals surface area contributed by atoms with E-state index in [1.54, 1.807) is 72.8 Å². The summed E-state index contributed by atoms with van der Waals surface area (Å²) in [5.41, 5.74) is 2.10. The second kappa shape index (κ2) is 74.8. The van der Waals surface area contributed by atoms with Crippen molar-refractivity contribution < 1.29 is 161 Å². The van der Waals surface area contributed by atoms with Crippen LogP contribution in [0.15, 0.2) is 141 Å². The SMILES string of the molecule is CC(=O)[O-].CC(=O)[O-].CC(=O)[O-].CC(=O)[O-].CC[N+](CC)(CC)CCl.CC[N+](CC)(CC)CCl.Cc1cc(S(=O)(=O)[N-]Cc2ccccn2)c([O-])c(S(=O)(=O)[N-]Cc2ccccn2)c1.Cc1cc(S(=O)(=O)[N-]Cc2ccccn2)c([O-])c(S(=O)(=O)[N-]Cc2ccccn2)c1.ClCCl.ClCCl.ClCCl.ClCCl.[Cu+2].[Cu+2].[Cu+2].[Cu+2]. The summed E-state index contributed by atoms with van der Waals surface area (Å²) < 4.78 is 117. The van der Waals surface area contributed by atoms with Crippen LogP contribution in [0.2, 0.25) is 0 Å². The number of carbonyl (C=O) groups is 4. The van der Waals surface area contributed by atoms with Crippen molar-refractivity contribution in [3.8, 4) is 11.5 Å². The van der Waals surface area contributed by atoms with Gasteiger partial charge in [0.2, 0.25) is 0 Å². The van der Waals surface area contributed by atoms with Gasteiger partial charge in [-0.1, -0.05) is 85.1 Å². The average Bonchev–Trinajstić information content (AvgIpc) is 0.782. The molecule has 0 amide bonds. The van der Waals surface area contributed by atoms with E-state index in [2.05, 4.69) is 80.4 Å². The zero-order chi connectivity index (χ0) is 83.4. The number of aliphatic carboxylic acids is 4. The third kappa shape index (κ3) is 64.3. The number of carbonyl (C=O) groups excluding carboxylic acids is 4. The number of rotatable bonds is 24. The van der Waals surface area contributed by atoms with Gasteiger partial charge in [-0.2, -0.15) is 0 Å². The van der Waals surface area contributed by atoms with Crippen molar-refractivity contribution in [1.82, 2.24) is 19.9 Å². The van der Waals surface area contributed by atoms with Crippen LogP contribution in [0.3, 0.4) is 0 Å². The van der Waals surface area contributed by atoms with Crippen molar-refractivity contribution >= 4 is 180 Å². The second-order valence-corrected chi connectivity index (χ2v) is 30.0. The monoisotopic (exact) mass is 2010 g/mol. The first-order chi connectivity index (χ1) is 49.4. The number of aromatic nitrogens is 4. The Morgan fingerprint density at radius 3 is 0.591 bits per heavy atom. The minimum Gasteiger partial charge on any atom is -0.871 e. The normalized spacial score (nSPS) is 10.1. The summed E-state index contributed by atoms with van der Waals surface area (Å²) in [5, 5.41) is 61.8. The molecule has 110 heavy (non-hydrogen) atoms. The number of nitrogens with zero attached hydrogens (tertiary/aromatic N) is 10. The van der Waals surface area contributed by atoms with Gasteiger partial charge in [-0.15, -0.1) is 92.8 Å². The predicted octanol–water partition coefficient (Wildman–Crippen LogP) is 9.59. The topological polar surface area (TPSA) is 451 Å². The summed E-state index contributed by atoms with van der Waals surface area (Å²) in [4.78, 5) is 48.6. The van der Waals surface area contributed by atoms with Crippen molar-refractivity contribution in [2.45, 2.75) is 129 Å². The van der Waals surface area contributed by atoms with Gasteiger partial charge in [0.1, 0.15) is 40.1 Å². The molecule has 28 nitrogen and oxygen atoms in total. The molecule has 0 aliphatic rings. The smallest absolute Gasteiger partial charge is 0.871 e. The fraction of sp³-hybridized carbons (Fsp3) is 0.438. The summed E-state index contributed by atoms with van der Waals surface area (Å²) in [5.74, 6) is -6.68. The minimum absolute atomic E-state index is 0. The van der Waals surface area contributed by atoms with Crippen LogP contribution in [0.5, 0.6) is 11.5 Å². The molecule has 6 aromatic rings. The number of halogens is 10. The maximum Gasteiger partial charge on any atom is 2.00 e. The average molecular weight is 2020 g/mol. The quantitative estimate of drug-likeness (QED) is 0.0235. The first-order valence-corrected chi connectivity index (χ1v) is 41.5. The molecular weight excluding hydrogens is 1930 g/mol. The molecular formula is C64H88Cl10Cu4N10O18S4. The number of alkyl halides is 10. The molecule has 46 heteroatoms. The molecule has 0 aliphatic carbocycles. The number of quaternary nitrogens is 2. The molecule has 0 atom stereocenters. The standard InChI is InChI=1S/2C19H18N4O5S2.2C7H17ClN.4C2H4O2.4CH2Cl2.4Cu/c2*1-14-10-17(29(25,26)22-12-15-6-2-4-8-20-15)19(24)18(11-14)30(27,28)23-13-16-7-3-5-9-21-16;2*1-4-9(5-2,6-3)7-8;4*1-2(3)4;4*2-1-3;;;;/h2*2-11,24H,12-13H2,1H3;2*4-7H2,1-3H3;4*1H3,(H,3,4);4*1H2;;;;/q2*-2;2*+1;;;;;;;;;4*+2/p-6. The van der Waals surface area contributed by atoms with E-state index in [0.29, 0.717) is 22.8 Å². The van der Waals surface area contributed by atoms with E-state index in [9.17, 15) is 43.9 Å². The fourth-order valence-corrected chi connectivity index (χ4v) is 12.5. The number of carboxylic acids is 4. The zero-order valence-electron chi connectivity index (χ0n) is 61.3. The fourth-order valence-electron chi connectivity index (χ4n) is 6.88. The first kappa shape index (κ1) is 128. The van der Waals surface area contributed by atoms with Gasteiger partial charge >= 0.3 is 68.3 Å². The van der Waals surface area contributed by atoms with E-state index in [4.69, 9.17) is 156 Å². The van der Waals surface area contributed by atoms with E-state index in [0.717, 1.165) is 112 Å². The molecule has 2 aromatic carbocycles. The Hall–Kier alpha value is -2.94. The largest absolute Gasteiger partial charge is 2.00 e. The van der Waals surface area contributed by atoms with Crippen LogP contribution in [-0.2, 0) is 154 Å². The van der Waals surface area contributed by atoms with Crippen LogP contribution in [0.1, 0.15) is 103 Å². The van der Waals surface area contributed by atoms with Crippen LogP contribution >= 0.6 is 116 Å². The van der Waals surface area contributed by atoms with Crippen molar-refractivity contribution in [3.05, 3.63) is 175 Å². The zero-order valence-corrected chi connectivity index (χ0v) is 75.9. The number of hydrogen-bond donors (Lipinski definition) is 0. The number of aryl methyl sites for hydroxylation is 2. The number of benzene rings is 2. The molecule has 0 N–H and O–H groups in total. The Bertz CT molecular complexity index is 3320. The Kier molecular flexibility index (Phi) is 87.0. The van der Waals surface area contributed by atoms with Gasteiger partial charge in [-0.25, -0.2) is 33.7 Å². The van der Waals surface area contributed by atoms with Crippen molar-refractivity contribution in [1.29, 1.82) is 0 Å². The Morgan fingerprint density at radius 2 is 0.491 bits per heavy atom. The van der Waals surface area contributed by atoms with Gasteiger partial charge in [0.05, 0.1) is 60.6 Å². The van der Waals surface area contributed by atoms with Gasteiger partial charge in [0.15, 0.2) is 12.0 Å². The van der Waals surface area contributed by atoms with Gasteiger partial charge in [-0.3, -0.25) is 19.9 Å². The van der Waals surface area contributed by atoms with Crippen molar-refractivity contribution in [3.63, 3.8) is 0 Å². The maximum absolute atomic E-state index is 12.7. The summed E-state index contributed by atoms with van der Waals surface area (Å²) in [6, 6.07) is 25.6. The molecule has 4 aromatic heterocycles. The Morgan fingerprint density at radius 1 is 0.345 bits per heavy atom. The molecule has 0 spiro atoms. The van der Waals surface area contributed by atoms with Crippen LogP contribution in [-0.4, -0.2) is 159 Å². The van der Waals surface area contributed by atoms with Crippen LogP contribution < -0.4 is 30.6 Å². The Labute approximate surface area is 740 Å². The molecule has 0 bridgehead atoms. The van der Waals surface area contributed by atoms with Crippen LogP contribution in [0, 0.1) is 13.8 Å². The predicted molar refractivity (Wildman–Crippen MR) is 409 cm³/mol. The minimum atomic E-state index is -4.41. The van der Waals surface area contributed by atoms with Gasteiger partial charge in [0, 0.05) is 91.0 Å². The van der Waals surface area contributed by atoms with Crippen molar-refractivity contribution in [2.24, 2.45) is 0 Å². The van der Waals surface area contributed by atoms with E-state index in [1.165, 1.54) is 38.6 Å². The third-order valence-corrected chi connectivity index (χ3v) is 18.8. The number of sulfonamides is 4. The molecule has 6 rings (SSSR count). The molecule has 0 aliphatic heterocycles. The third-order valence-electron chi connectivity index (χ3n) is 12.5.